The standard InChI is InChI=1S/C87H68/c1-3-82(70-41-17-5-29-58(70)59-30-6-18-42-71(59)82)53-84(74-45-21-9-33-62(74)63-34-10-22-46-75(63)84)55-86(78-49-25-13-37-66(78)67-38-14-26-50-79(67)86)57-87(80-51-27-15-39-68(80)69-40-16-28-52-81(69)87)56-85(76-47-23-11-35-64(76)65-36-12-24-48-77(65)85)54-83(4-2)72-43-19-7-31-60(72)61-32-8-20-44-73(61)83/h5-52H,3-4,53-57H2,1-2H3. The normalized spacial score (nSPS) is 17.0. The first-order valence-electron chi connectivity index (χ1n) is 32.1. The molecule has 0 heteroatoms. The maximum atomic E-state index is 2.57. The molecule has 6 aliphatic rings. The summed E-state index contributed by atoms with van der Waals surface area (Å²) in [5, 5.41) is 0. The first-order chi connectivity index (χ1) is 42.9. The molecule has 0 aliphatic heterocycles. The van der Waals surface area contributed by atoms with Crippen LogP contribution in [0, 0.1) is 0 Å². The molecule has 18 rings (SSSR count). The molecule has 0 aromatic heterocycles. The van der Waals surface area contributed by atoms with Crippen LogP contribution in [0.1, 0.15) is 126 Å². The van der Waals surface area contributed by atoms with E-state index in [0.717, 1.165) is 44.9 Å². The molecule has 0 fully saturated rings. The van der Waals surface area contributed by atoms with E-state index in [9.17, 15) is 0 Å². The molecule has 0 radical (unpaired) electrons. The summed E-state index contributed by atoms with van der Waals surface area (Å²) in [6.07, 6.45) is 6.41. The van der Waals surface area contributed by atoms with Crippen molar-refractivity contribution in [3.05, 3.63) is 358 Å². The summed E-state index contributed by atoms with van der Waals surface area (Å²) < 4.78 is 0. The maximum absolute atomic E-state index is 2.57. The maximum Gasteiger partial charge on any atom is 0.0238 e. The smallest absolute Gasteiger partial charge is 0.0238 e. The Hall–Kier alpha value is -9.36. The monoisotopic (exact) mass is 1110 g/mol. The second-order valence-corrected chi connectivity index (χ2v) is 26.6. The van der Waals surface area contributed by atoms with Crippen molar-refractivity contribution in [2.45, 2.75) is 91.3 Å². The molecular formula is C87H68. The molecule has 6 aliphatic carbocycles. The molecule has 0 atom stereocenters. The molecule has 0 nitrogen and oxygen atoms in total. The van der Waals surface area contributed by atoms with E-state index in [0.29, 0.717) is 0 Å². The summed E-state index contributed by atoms with van der Waals surface area (Å²) >= 11 is 0. The number of fused-ring (bicyclic) bond motifs is 18. The van der Waals surface area contributed by atoms with Gasteiger partial charge < -0.3 is 0 Å². The SMILES string of the molecule is CCC1(CC2(CC3(CC4(CC5(CC6(CC)c7ccccc7-c7ccccc76)c6ccccc6-c6ccccc65)c5ccccc5-c5ccccc54)c4ccccc4-c4ccccc43)c3ccccc3-c3ccccc32)c2ccccc2-c2ccccc21. The predicted octanol–water partition coefficient (Wildman–Crippen LogP) is 21.6. The van der Waals surface area contributed by atoms with E-state index in [2.05, 4.69) is 305 Å². The second kappa shape index (κ2) is 18.6. The first-order valence-corrected chi connectivity index (χ1v) is 32.1. The Morgan fingerprint density at radius 2 is 0.253 bits per heavy atom. The fraction of sp³-hybridized carbons (Fsp3) is 0.172. The summed E-state index contributed by atoms with van der Waals surface area (Å²) in [6, 6.07) is 115. The highest BCUT2D eigenvalue weighted by Crippen LogP contribution is 2.72. The van der Waals surface area contributed by atoms with Crippen LogP contribution in [0.15, 0.2) is 291 Å². The summed E-state index contributed by atoms with van der Waals surface area (Å²) in [4.78, 5) is 0. The molecule has 0 saturated carbocycles. The number of rotatable bonds is 12. The lowest BCUT2D eigenvalue weighted by molar-refractivity contribution is 0.217. The first kappa shape index (κ1) is 50.9. The van der Waals surface area contributed by atoms with Crippen molar-refractivity contribution < 1.29 is 0 Å². The molecule has 0 saturated heterocycles. The second-order valence-electron chi connectivity index (χ2n) is 26.6. The molecule has 12 aromatic rings. The Balaban J connectivity index is 0.957. The zero-order valence-electron chi connectivity index (χ0n) is 49.7. The highest BCUT2D eigenvalue weighted by Gasteiger charge is 2.63. The van der Waals surface area contributed by atoms with Crippen LogP contribution < -0.4 is 0 Å². The van der Waals surface area contributed by atoms with Gasteiger partial charge in [-0.05, 0) is 178 Å². The van der Waals surface area contributed by atoms with Crippen molar-refractivity contribution in [2.24, 2.45) is 0 Å². The average Bonchev–Trinajstić information content (AvgIpc) is 1.55. The minimum atomic E-state index is -0.539. The molecule has 0 N–H and O–H groups in total. The van der Waals surface area contributed by atoms with Gasteiger partial charge in [-0.25, -0.2) is 0 Å². The van der Waals surface area contributed by atoms with E-state index in [1.54, 1.807) is 0 Å². The Morgan fingerprint density at radius 1 is 0.149 bits per heavy atom. The molecule has 0 heterocycles. The van der Waals surface area contributed by atoms with Gasteiger partial charge in [0.25, 0.3) is 0 Å². The predicted molar refractivity (Wildman–Crippen MR) is 360 cm³/mol. The van der Waals surface area contributed by atoms with E-state index in [-0.39, 0.29) is 10.8 Å². The lowest BCUT2D eigenvalue weighted by Gasteiger charge is -2.52. The van der Waals surface area contributed by atoms with Crippen LogP contribution in [0.3, 0.4) is 0 Å². The average molecular weight is 1110 g/mol. The lowest BCUT2D eigenvalue weighted by atomic mass is 9.50. The van der Waals surface area contributed by atoms with E-state index < -0.39 is 21.7 Å². The van der Waals surface area contributed by atoms with E-state index in [4.69, 9.17) is 0 Å². The minimum Gasteiger partial charge on any atom is -0.0642 e. The quantitative estimate of drug-likeness (QED) is 0.114. The third kappa shape index (κ3) is 6.58. The highest BCUT2D eigenvalue weighted by atomic mass is 14.7. The van der Waals surface area contributed by atoms with Gasteiger partial charge in [0.05, 0.1) is 0 Å². The van der Waals surface area contributed by atoms with Gasteiger partial charge in [-0.1, -0.05) is 305 Å². The molecule has 416 valence electrons. The molecule has 0 bridgehead atoms. The largest absolute Gasteiger partial charge is 0.0642 e. The fourth-order valence-electron chi connectivity index (χ4n) is 20.2. The number of hydrogen-bond acceptors (Lipinski definition) is 0. The van der Waals surface area contributed by atoms with Gasteiger partial charge in [-0.3, -0.25) is 0 Å². The van der Waals surface area contributed by atoms with Crippen LogP contribution in [0.5, 0.6) is 0 Å². The zero-order chi connectivity index (χ0) is 57.7. The lowest BCUT2D eigenvalue weighted by Crippen LogP contribution is -2.48. The Bertz CT molecular complexity index is 4230. The molecule has 12 aromatic carbocycles. The van der Waals surface area contributed by atoms with Crippen LogP contribution in [-0.2, 0) is 32.5 Å². The minimum absolute atomic E-state index is 0.287. The fourth-order valence-corrected chi connectivity index (χ4v) is 20.2. The molecule has 87 heavy (non-hydrogen) atoms. The number of benzene rings is 12. The van der Waals surface area contributed by atoms with Gasteiger partial charge in [-0.2, -0.15) is 0 Å². The van der Waals surface area contributed by atoms with Crippen LogP contribution in [-0.4, -0.2) is 0 Å². The third-order valence-corrected chi connectivity index (χ3v) is 23.3. The third-order valence-electron chi connectivity index (χ3n) is 23.3. The summed E-state index contributed by atoms with van der Waals surface area (Å²) in [7, 11) is 0. The topological polar surface area (TPSA) is 0 Å². The molecule has 0 unspecified atom stereocenters. The van der Waals surface area contributed by atoms with Gasteiger partial charge in [-0.15, -0.1) is 0 Å². The van der Waals surface area contributed by atoms with Crippen LogP contribution >= 0.6 is 0 Å². The summed E-state index contributed by atoms with van der Waals surface area (Å²) in [5.41, 5.74) is 31.4. The van der Waals surface area contributed by atoms with Crippen molar-refractivity contribution in [1.82, 2.24) is 0 Å². The highest BCUT2D eigenvalue weighted by molar-refractivity contribution is 5.90. The Kier molecular flexibility index (Phi) is 10.9. The van der Waals surface area contributed by atoms with Crippen molar-refractivity contribution in [2.75, 3.05) is 0 Å². The van der Waals surface area contributed by atoms with Gasteiger partial charge in [0.15, 0.2) is 0 Å². The molecular weight excluding hydrogens is 1040 g/mol. The Labute approximate surface area is 512 Å². The van der Waals surface area contributed by atoms with Gasteiger partial charge in [0, 0.05) is 32.5 Å². The van der Waals surface area contributed by atoms with E-state index >= 15 is 0 Å². The van der Waals surface area contributed by atoms with Crippen molar-refractivity contribution >= 4 is 0 Å². The van der Waals surface area contributed by atoms with Crippen LogP contribution in [0.25, 0.3) is 66.8 Å². The van der Waals surface area contributed by atoms with E-state index in [1.807, 2.05) is 0 Å². The van der Waals surface area contributed by atoms with Crippen molar-refractivity contribution in [3.8, 4) is 66.8 Å². The number of hydrogen-bond donors (Lipinski definition) is 0. The van der Waals surface area contributed by atoms with Gasteiger partial charge in [0.2, 0.25) is 0 Å². The van der Waals surface area contributed by atoms with Crippen LogP contribution in [0.4, 0.5) is 0 Å². The molecule has 0 spiro atoms. The van der Waals surface area contributed by atoms with Crippen molar-refractivity contribution in [1.29, 1.82) is 0 Å². The summed E-state index contributed by atoms with van der Waals surface area (Å²) in [5.74, 6) is 0. The van der Waals surface area contributed by atoms with E-state index in [1.165, 1.54) is 134 Å². The zero-order valence-corrected chi connectivity index (χ0v) is 49.7. The summed E-state index contributed by atoms with van der Waals surface area (Å²) in [6.45, 7) is 4.97. The van der Waals surface area contributed by atoms with Crippen molar-refractivity contribution in [3.63, 3.8) is 0 Å². The van der Waals surface area contributed by atoms with Gasteiger partial charge in [0.1, 0.15) is 0 Å². The molecule has 0 amide bonds. The van der Waals surface area contributed by atoms with Crippen LogP contribution in [0.2, 0.25) is 0 Å². The van der Waals surface area contributed by atoms with Gasteiger partial charge >= 0.3 is 0 Å². The Morgan fingerprint density at radius 3 is 0.379 bits per heavy atom.